The van der Waals surface area contributed by atoms with Crippen molar-refractivity contribution in [2.45, 2.75) is 32.3 Å². The van der Waals surface area contributed by atoms with Crippen molar-refractivity contribution in [2.24, 2.45) is 11.1 Å². The highest BCUT2D eigenvalue weighted by atomic mass is 35.5. The molecule has 0 radical (unpaired) electrons. The van der Waals surface area contributed by atoms with Gasteiger partial charge in [-0.2, -0.15) is 0 Å². The van der Waals surface area contributed by atoms with Crippen LogP contribution in [-0.4, -0.2) is 22.9 Å². The van der Waals surface area contributed by atoms with E-state index in [1.165, 1.54) is 0 Å². The third-order valence-corrected chi connectivity index (χ3v) is 3.59. The summed E-state index contributed by atoms with van der Waals surface area (Å²) in [6, 6.07) is 7.44. The maximum absolute atomic E-state index is 11.2. The Kier molecular flexibility index (Phi) is 5.39. The maximum Gasteiger partial charge on any atom is 0.348 e. The van der Waals surface area contributed by atoms with Crippen LogP contribution in [0.1, 0.15) is 25.3 Å². The van der Waals surface area contributed by atoms with Crippen molar-refractivity contribution in [1.29, 1.82) is 0 Å². The van der Waals surface area contributed by atoms with Crippen molar-refractivity contribution in [2.75, 3.05) is 0 Å². The third-order valence-electron chi connectivity index (χ3n) is 3.34. The predicted molar refractivity (Wildman–Crippen MR) is 82.6 cm³/mol. The number of aliphatic carboxylic acids is 1. The summed E-state index contributed by atoms with van der Waals surface area (Å²) in [6.45, 7) is 2.08. The summed E-state index contributed by atoms with van der Waals surface area (Å²) in [5.74, 6) is -1.30. The summed E-state index contributed by atoms with van der Waals surface area (Å²) in [5.41, 5.74) is 1.76. The lowest BCUT2D eigenvalue weighted by Crippen LogP contribution is -2.30. The van der Waals surface area contributed by atoms with Gasteiger partial charge in [-0.15, -0.1) is 0 Å². The number of unbranched alkanes of at least 4 members (excludes halogenated alkanes) is 1. The summed E-state index contributed by atoms with van der Waals surface area (Å²) >= 11 is 5.86. The van der Waals surface area contributed by atoms with Crippen molar-refractivity contribution in [3.63, 3.8) is 0 Å². The largest absolute Gasteiger partial charge is 0.478 e. The second kappa shape index (κ2) is 7.27. The van der Waals surface area contributed by atoms with Crippen molar-refractivity contribution in [3.05, 3.63) is 47.0 Å². The molecule has 112 valence electrons. The molecule has 1 aliphatic rings. The van der Waals surface area contributed by atoms with Gasteiger partial charge in [-0.25, -0.2) is 4.79 Å². The number of halogens is 1. The van der Waals surface area contributed by atoms with E-state index in [-0.39, 0.29) is 5.92 Å². The Morgan fingerprint density at radius 1 is 1.43 bits per heavy atom. The highest BCUT2D eigenvalue weighted by molar-refractivity contribution is 6.30. The zero-order valence-corrected chi connectivity index (χ0v) is 12.6. The molecule has 4 nitrogen and oxygen atoms in total. The summed E-state index contributed by atoms with van der Waals surface area (Å²) in [5, 5.41) is 13.9. The van der Waals surface area contributed by atoms with Crippen LogP contribution in [-0.2, 0) is 16.1 Å². The fourth-order valence-electron chi connectivity index (χ4n) is 2.21. The Bertz CT molecular complexity index is 551. The molecule has 5 heteroatoms. The van der Waals surface area contributed by atoms with E-state index >= 15 is 0 Å². The standard InChI is InChI=1S/C16H18ClNO3/c1-2-3-4-5-13-14(18-21-15(13)16(19)20)10-11-6-8-12(17)9-7-11/h4-9,13,15H,2-3,10H2,1H3,(H,19,20)/b5-4+. The minimum atomic E-state index is -0.990. The number of nitrogens with zero attached hydrogens (tertiary/aromatic N) is 1. The third kappa shape index (κ3) is 4.08. The van der Waals surface area contributed by atoms with Crippen LogP contribution in [0.25, 0.3) is 0 Å². The van der Waals surface area contributed by atoms with Gasteiger partial charge in [-0.05, 0) is 24.1 Å². The van der Waals surface area contributed by atoms with E-state index in [1.807, 2.05) is 36.4 Å². The molecular formula is C16H18ClNO3. The number of oxime groups is 1. The number of carboxylic acids is 1. The van der Waals surface area contributed by atoms with Gasteiger partial charge in [0, 0.05) is 11.4 Å². The molecule has 0 spiro atoms. The minimum Gasteiger partial charge on any atom is -0.478 e. The first-order valence-electron chi connectivity index (χ1n) is 6.98. The lowest BCUT2D eigenvalue weighted by molar-refractivity contribution is -0.149. The molecule has 0 saturated heterocycles. The van der Waals surface area contributed by atoms with Crippen LogP contribution in [0, 0.1) is 5.92 Å². The number of carbonyl (C=O) groups is 1. The van der Waals surface area contributed by atoms with Crippen LogP contribution >= 0.6 is 11.6 Å². The van der Waals surface area contributed by atoms with E-state index in [1.54, 1.807) is 0 Å². The Labute approximate surface area is 129 Å². The smallest absolute Gasteiger partial charge is 0.348 e. The molecule has 0 aromatic heterocycles. The molecule has 1 aliphatic heterocycles. The predicted octanol–water partition coefficient (Wildman–Crippen LogP) is 3.69. The second-order valence-electron chi connectivity index (χ2n) is 4.99. The molecule has 0 fully saturated rings. The van der Waals surface area contributed by atoms with Gasteiger partial charge >= 0.3 is 5.97 Å². The maximum atomic E-state index is 11.2. The molecule has 1 N–H and O–H groups in total. The summed E-state index contributed by atoms with van der Waals surface area (Å²) in [6.07, 6.45) is 5.45. The first-order valence-corrected chi connectivity index (χ1v) is 7.36. The summed E-state index contributed by atoms with van der Waals surface area (Å²) in [7, 11) is 0. The number of hydrogen-bond donors (Lipinski definition) is 1. The Hall–Kier alpha value is -1.81. The van der Waals surface area contributed by atoms with Crippen LogP contribution in [0.15, 0.2) is 41.6 Å². The summed E-state index contributed by atoms with van der Waals surface area (Å²) in [4.78, 5) is 16.3. The zero-order valence-electron chi connectivity index (χ0n) is 11.8. The van der Waals surface area contributed by atoms with Gasteiger partial charge in [-0.3, -0.25) is 0 Å². The average Bonchev–Trinajstić information content (AvgIpc) is 2.85. The molecule has 2 atom stereocenters. The van der Waals surface area contributed by atoms with Gasteiger partial charge in [0.1, 0.15) is 0 Å². The monoisotopic (exact) mass is 307 g/mol. The van der Waals surface area contributed by atoms with Gasteiger partial charge in [0.2, 0.25) is 6.10 Å². The number of benzene rings is 1. The quantitative estimate of drug-likeness (QED) is 0.815. The van der Waals surface area contributed by atoms with E-state index in [2.05, 4.69) is 12.1 Å². The Balaban J connectivity index is 2.12. The first kappa shape index (κ1) is 15.6. The minimum absolute atomic E-state index is 0.315. The number of allylic oxidation sites excluding steroid dienone is 1. The first-order chi connectivity index (χ1) is 10.1. The molecule has 1 aromatic rings. The van der Waals surface area contributed by atoms with E-state index in [4.69, 9.17) is 16.4 Å². The lowest BCUT2D eigenvalue weighted by Gasteiger charge is -2.11. The Morgan fingerprint density at radius 2 is 2.14 bits per heavy atom. The van der Waals surface area contributed by atoms with Gasteiger partial charge in [0.15, 0.2) is 0 Å². The van der Waals surface area contributed by atoms with Gasteiger partial charge in [0.05, 0.1) is 11.6 Å². The van der Waals surface area contributed by atoms with E-state index in [0.29, 0.717) is 11.4 Å². The van der Waals surface area contributed by atoms with Gasteiger partial charge in [0.25, 0.3) is 0 Å². The molecule has 1 aromatic carbocycles. The van der Waals surface area contributed by atoms with Crippen LogP contribution in [0.4, 0.5) is 0 Å². The fourth-order valence-corrected chi connectivity index (χ4v) is 2.33. The molecule has 2 unspecified atom stereocenters. The lowest BCUT2D eigenvalue weighted by atomic mass is 9.92. The highest BCUT2D eigenvalue weighted by Crippen LogP contribution is 2.24. The van der Waals surface area contributed by atoms with E-state index in [0.717, 1.165) is 24.1 Å². The van der Waals surface area contributed by atoms with Crippen molar-refractivity contribution in [1.82, 2.24) is 0 Å². The molecule has 1 heterocycles. The highest BCUT2D eigenvalue weighted by Gasteiger charge is 2.37. The zero-order chi connectivity index (χ0) is 15.2. The number of rotatable bonds is 6. The van der Waals surface area contributed by atoms with E-state index in [9.17, 15) is 9.90 Å². The molecule has 2 rings (SSSR count). The van der Waals surface area contributed by atoms with Gasteiger partial charge < -0.3 is 9.94 Å². The molecule has 0 saturated carbocycles. The van der Waals surface area contributed by atoms with Crippen molar-refractivity contribution in [3.8, 4) is 0 Å². The number of hydrogen-bond acceptors (Lipinski definition) is 3. The Morgan fingerprint density at radius 3 is 2.76 bits per heavy atom. The topological polar surface area (TPSA) is 58.9 Å². The second-order valence-corrected chi connectivity index (χ2v) is 5.43. The van der Waals surface area contributed by atoms with Gasteiger partial charge in [-0.1, -0.05) is 54.4 Å². The number of carboxylic acid groups (broad SMARTS) is 1. The van der Waals surface area contributed by atoms with Crippen molar-refractivity contribution < 1.29 is 14.7 Å². The summed E-state index contributed by atoms with van der Waals surface area (Å²) < 4.78 is 0. The normalized spacial score (nSPS) is 21.3. The van der Waals surface area contributed by atoms with Crippen LogP contribution < -0.4 is 0 Å². The SMILES string of the molecule is CCC/C=C/C1C(Cc2ccc(Cl)cc2)=NOC1C(=O)O. The molecule has 0 amide bonds. The average molecular weight is 308 g/mol. The molecule has 0 bridgehead atoms. The van der Waals surface area contributed by atoms with Crippen LogP contribution in [0.2, 0.25) is 5.02 Å². The van der Waals surface area contributed by atoms with Crippen LogP contribution in [0.5, 0.6) is 0 Å². The van der Waals surface area contributed by atoms with E-state index < -0.39 is 12.1 Å². The fraction of sp³-hybridized carbons (Fsp3) is 0.375. The van der Waals surface area contributed by atoms with Crippen molar-refractivity contribution >= 4 is 23.3 Å². The molecular weight excluding hydrogens is 290 g/mol. The molecule has 0 aliphatic carbocycles. The molecule has 21 heavy (non-hydrogen) atoms. The van der Waals surface area contributed by atoms with Crippen LogP contribution in [0.3, 0.4) is 0 Å².